The number of aromatic hydroxyl groups is 1. The Labute approximate surface area is 141 Å². The summed E-state index contributed by atoms with van der Waals surface area (Å²) < 4.78 is 6.08. The van der Waals surface area contributed by atoms with Crippen molar-refractivity contribution in [1.29, 1.82) is 0 Å². The maximum Gasteiger partial charge on any atom is 0.165 e. The Morgan fingerprint density at radius 2 is 2.21 bits per heavy atom. The lowest BCUT2D eigenvalue weighted by Gasteiger charge is -2.63. The van der Waals surface area contributed by atoms with Gasteiger partial charge in [0.2, 0.25) is 0 Å². The van der Waals surface area contributed by atoms with Gasteiger partial charge >= 0.3 is 0 Å². The number of phenols is 1. The third kappa shape index (κ3) is 1.43. The summed E-state index contributed by atoms with van der Waals surface area (Å²) in [5.41, 5.74) is 0.518. The van der Waals surface area contributed by atoms with Crippen LogP contribution in [0, 0.1) is 0 Å². The molecule has 24 heavy (non-hydrogen) atoms. The predicted octanol–water partition coefficient (Wildman–Crippen LogP) is 1.09. The fourth-order valence-corrected chi connectivity index (χ4v) is 5.99. The molecule has 5 rings (SSSR count). The molecule has 0 aromatic heterocycles. The second kappa shape index (κ2) is 4.54. The highest BCUT2D eigenvalue weighted by Gasteiger charge is 2.72. The molecule has 1 spiro atoms. The highest BCUT2D eigenvalue weighted by Crippen LogP contribution is 2.65. The van der Waals surface area contributed by atoms with Crippen LogP contribution in [0.5, 0.6) is 11.5 Å². The van der Waals surface area contributed by atoms with Gasteiger partial charge in [0.1, 0.15) is 6.10 Å². The smallest absolute Gasteiger partial charge is 0.165 e. The number of aliphatic hydroxyl groups is 2. The van der Waals surface area contributed by atoms with E-state index in [2.05, 4.69) is 11.5 Å². The van der Waals surface area contributed by atoms with E-state index in [1.807, 2.05) is 12.1 Å². The van der Waals surface area contributed by atoms with Crippen LogP contribution in [0.25, 0.3) is 0 Å². The van der Waals surface area contributed by atoms with Crippen molar-refractivity contribution in [2.24, 2.45) is 0 Å². The van der Waals surface area contributed by atoms with Crippen LogP contribution in [0.15, 0.2) is 24.8 Å². The van der Waals surface area contributed by atoms with Crippen LogP contribution >= 0.6 is 0 Å². The van der Waals surface area contributed by atoms with Crippen molar-refractivity contribution in [3.63, 3.8) is 0 Å². The van der Waals surface area contributed by atoms with Crippen LogP contribution in [-0.4, -0.2) is 57.2 Å². The number of hydrogen-bond donors (Lipinski definition) is 3. The number of nitrogens with zero attached hydrogens (tertiary/aromatic N) is 1. The summed E-state index contributed by atoms with van der Waals surface area (Å²) in [4.78, 5) is 2.31. The van der Waals surface area contributed by atoms with Gasteiger partial charge in [0.15, 0.2) is 11.5 Å². The molecule has 4 aliphatic rings. The number of rotatable bonds is 2. The van der Waals surface area contributed by atoms with E-state index in [1.165, 1.54) is 0 Å². The molecule has 5 nitrogen and oxygen atoms in total. The third-order valence-electron chi connectivity index (χ3n) is 6.91. The number of benzene rings is 1. The first-order chi connectivity index (χ1) is 11.5. The summed E-state index contributed by atoms with van der Waals surface area (Å²) in [7, 11) is 0. The monoisotopic (exact) mass is 329 g/mol. The average Bonchev–Trinajstić information content (AvgIpc) is 2.91. The second-order valence-electron chi connectivity index (χ2n) is 7.74. The topological polar surface area (TPSA) is 73.2 Å². The Kier molecular flexibility index (Phi) is 2.79. The number of aliphatic hydroxyl groups excluding tert-OH is 1. The van der Waals surface area contributed by atoms with Gasteiger partial charge in [0.05, 0.1) is 17.1 Å². The largest absolute Gasteiger partial charge is 0.504 e. The van der Waals surface area contributed by atoms with Gasteiger partial charge in [-0.1, -0.05) is 12.1 Å². The van der Waals surface area contributed by atoms with Gasteiger partial charge in [-0.2, -0.15) is 0 Å². The van der Waals surface area contributed by atoms with E-state index in [4.69, 9.17) is 4.74 Å². The van der Waals surface area contributed by atoms with Crippen molar-refractivity contribution in [1.82, 2.24) is 4.90 Å². The summed E-state index contributed by atoms with van der Waals surface area (Å²) in [6.07, 6.45) is 3.33. The highest BCUT2D eigenvalue weighted by atomic mass is 16.5. The minimum Gasteiger partial charge on any atom is -0.504 e. The molecule has 0 amide bonds. The zero-order valence-electron chi connectivity index (χ0n) is 13.6. The van der Waals surface area contributed by atoms with E-state index in [0.717, 1.165) is 37.1 Å². The molecule has 1 aromatic rings. The van der Waals surface area contributed by atoms with Crippen molar-refractivity contribution in [3.8, 4) is 11.5 Å². The first kappa shape index (κ1) is 14.8. The van der Waals surface area contributed by atoms with Crippen LogP contribution in [0.3, 0.4) is 0 Å². The normalized spacial score (nSPS) is 42.3. The Hall–Kier alpha value is -1.56. The zero-order chi connectivity index (χ0) is 16.7. The van der Waals surface area contributed by atoms with Gasteiger partial charge < -0.3 is 20.1 Å². The Morgan fingerprint density at radius 3 is 3.00 bits per heavy atom. The Bertz CT molecular complexity index is 734. The van der Waals surface area contributed by atoms with E-state index in [0.29, 0.717) is 18.6 Å². The summed E-state index contributed by atoms with van der Waals surface area (Å²) in [6, 6.07) is 3.62. The van der Waals surface area contributed by atoms with Crippen LogP contribution in [0.1, 0.15) is 30.4 Å². The number of hydrogen-bond acceptors (Lipinski definition) is 5. The first-order valence-corrected chi connectivity index (χ1v) is 8.80. The van der Waals surface area contributed by atoms with Gasteiger partial charge in [-0.05, 0) is 43.9 Å². The summed E-state index contributed by atoms with van der Waals surface area (Å²) in [5.74, 6) is 0.589. The summed E-state index contributed by atoms with van der Waals surface area (Å²) in [5, 5.41) is 32.8. The molecule has 5 heteroatoms. The van der Waals surface area contributed by atoms with E-state index in [-0.39, 0.29) is 11.8 Å². The fourth-order valence-electron chi connectivity index (χ4n) is 5.99. The molecule has 128 valence electrons. The van der Waals surface area contributed by atoms with Crippen LogP contribution in [0.2, 0.25) is 0 Å². The van der Waals surface area contributed by atoms with Gasteiger partial charge in [-0.3, -0.25) is 4.90 Å². The van der Waals surface area contributed by atoms with Crippen molar-refractivity contribution in [2.75, 3.05) is 13.1 Å². The molecule has 1 unspecified atom stereocenters. The van der Waals surface area contributed by atoms with Gasteiger partial charge in [0.25, 0.3) is 0 Å². The standard InChI is InChI=1S/C19H23NO4/c1-2-8-20-9-7-18-15-11-3-4-12(21)16(15)24-17(18)13(22)5-6-19(18,23)14(20)10-11/h2-4,13-14,17,21-23H,1,5-10H2/t13-,14?,17+,18+,19+/m1/s1. The summed E-state index contributed by atoms with van der Waals surface area (Å²) >= 11 is 0. The van der Waals surface area contributed by atoms with Crippen molar-refractivity contribution < 1.29 is 20.1 Å². The molecular formula is C19H23NO4. The van der Waals surface area contributed by atoms with E-state index >= 15 is 0 Å². The molecule has 2 aliphatic heterocycles. The lowest BCUT2D eigenvalue weighted by Crippen LogP contribution is -2.77. The fraction of sp³-hybridized carbons (Fsp3) is 0.579. The molecule has 0 radical (unpaired) electrons. The minimum absolute atomic E-state index is 0.00848. The van der Waals surface area contributed by atoms with Crippen molar-refractivity contribution in [2.45, 2.75) is 54.9 Å². The molecule has 2 aliphatic carbocycles. The maximum absolute atomic E-state index is 11.9. The van der Waals surface area contributed by atoms with E-state index in [9.17, 15) is 15.3 Å². The number of phenolic OH excluding ortho intramolecular Hbond substituents is 1. The van der Waals surface area contributed by atoms with Crippen LogP contribution < -0.4 is 4.74 Å². The maximum atomic E-state index is 11.9. The quantitative estimate of drug-likeness (QED) is 0.709. The van der Waals surface area contributed by atoms with Crippen molar-refractivity contribution >= 4 is 0 Å². The van der Waals surface area contributed by atoms with E-state index in [1.54, 1.807) is 6.07 Å². The Balaban J connectivity index is 1.78. The molecule has 1 aromatic carbocycles. The molecule has 3 N–H and O–H groups in total. The second-order valence-corrected chi connectivity index (χ2v) is 7.74. The van der Waals surface area contributed by atoms with Crippen LogP contribution in [0.4, 0.5) is 0 Å². The molecule has 2 heterocycles. The molecule has 2 bridgehead atoms. The van der Waals surface area contributed by atoms with Gasteiger partial charge in [-0.15, -0.1) is 6.58 Å². The predicted molar refractivity (Wildman–Crippen MR) is 88.3 cm³/mol. The lowest BCUT2D eigenvalue weighted by atomic mass is 9.48. The lowest BCUT2D eigenvalue weighted by molar-refractivity contribution is -0.206. The molecule has 1 saturated carbocycles. The highest BCUT2D eigenvalue weighted by molar-refractivity contribution is 5.62. The van der Waals surface area contributed by atoms with Crippen molar-refractivity contribution in [3.05, 3.63) is 35.9 Å². The third-order valence-corrected chi connectivity index (χ3v) is 6.91. The van der Waals surface area contributed by atoms with Gasteiger partial charge in [-0.25, -0.2) is 0 Å². The number of likely N-dealkylation sites (tertiary alicyclic amines) is 1. The van der Waals surface area contributed by atoms with E-state index < -0.39 is 23.2 Å². The molecular weight excluding hydrogens is 306 g/mol. The number of ether oxygens (including phenoxy) is 1. The van der Waals surface area contributed by atoms with Gasteiger partial charge in [0, 0.05) is 18.2 Å². The average molecular weight is 329 g/mol. The summed E-state index contributed by atoms with van der Waals surface area (Å²) in [6.45, 7) is 5.44. The zero-order valence-corrected chi connectivity index (χ0v) is 13.6. The molecule has 5 atom stereocenters. The molecule has 2 fully saturated rings. The molecule has 1 saturated heterocycles. The van der Waals surface area contributed by atoms with Crippen LogP contribution in [-0.2, 0) is 11.8 Å². The Morgan fingerprint density at radius 1 is 1.38 bits per heavy atom. The first-order valence-electron chi connectivity index (χ1n) is 8.80. The number of piperidine rings is 1. The SMILES string of the molecule is C=CCN1CC[C@]23c4c5ccc(O)c4O[C@H]2[C@H](O)CC[C@]3(O)C1C5. The minimum atomic E-state index is -0.940.